The standard InChI is InChI=1S/C21H16ClF3N2O4S/c22-15-2-1-3-17(9-15)31-18-10-16(11-19(12-18)32(26,29)30)27-20(28)8-13-4-6-14(7-5-13)21(23,24)25/h1-7,9-12H,8H2,(H,27,28)(H2,26,29,30). The third kappa shape index (κ3) is 6.46. The number of amides is 1. The Morgan fingerprint density at radius 3 is 2.28 bits per heavy atom. The van der Waals surface area contributed by atoms with Crippen LogP contribution in [0.3, 0.4) is 0 Å². The fraction of sp³-hybridized carbons (Fsp3) is 0.0952. The summed E-state index contributed by atoms with van der Waals surface area (Å²) in [6.45, 7) is 0. The summed E-state index contributed by atoms with van der Waals surface area (Å²) >= 11 is 5.91. The number of nitrogens with two attached hydrogens (primary N) is 1. The van der Waals surface area contributed by atoms with Crippen molar-refractivity contribution in [2.75, 3.05) is 5.32 Å². The summed E-state index contributed by atoms with van der Waals surface area (Å²) in [4.78, 5) is 12.1. The van der Waals surface area contributed by atoms with Gasteiger partial charge in [0.1, 0.15) is 11.5 Å². The van der Waals surface area contributed by atoms with Crippen LogP contribution in [0.15, 0.2) is 71.6 Å². The molecule has 11 heteroatoms. The quantitative estimate of drug-likeness (QED) is 0.515. The number of sulfonamides is 1. The van der Waals surface area contributed by atoms with Crippen molar-refractivity contribution in [3.05, 3.63) is 82.9 Å². The van der Waals surface area contributed by atoms with E-state index in [-0.39, 0.29) is 22.8 Å². The first kappa shape index (κ1) is 23.6. The second-order valence-corrected chi connectivity index (χ2v) is 8.72. The van der Waals surface area contributed by atoms with Crippen LogP contribution in [0.1, 0.15) is 11.1 Å². The molecular formula is C21H16ClF3N2O4S. The monoisotopic (exact) mass is 484 g/mol. The second kappa shape index (κ2) is 9.19. The van der Waals surface area contributed by atoms with Crippen LogP contribution in [0, 0.1) is 0 Å². The van der Waals surface area contributed by atoms with E-state index in [4.69, 9.17) is 21.5 Å². The number of carbonyl (C=O) groups excluding carboxylic acids is 1. The third-order valence-corrected chi connectivity index (χ3v) is 5.30. The van der Waals surface area contributed by atoms with Gasteiger partial charge in [-0.25, -0.2) is 13.6 Å². The van der Waals surface area contributed by atoms with Gasteiger partial charge in [-0.15, -0.1) is 0 Å². The lowest BCUT2D eigenvalue weighted by atomic mass is 10.1. The van der Waals surface area contributed by atoms with Crippen molar-refractivity contribution >= 4 is 33.2 Å². The van der Waals surface area contributed by atoms with E-state index >= 15 is 0 Å². The Bertz CT molecular complexity index is 1250. The summed E-state index contributed by atoms with van der Waals surface area (Å²) in [6.07, 6.45) is -4.71. The lowest BCUT2D eigenvalue weighted by molar-refractivity contribution is -0.137. The number of rotatable bonds is 6. The van der Waals surface area contributed by atoms with Gasteiger partial charge in [0, 0.05) is 22.8 Å². The van der Waals surface area contributed by atoms with Gasteiger partial charge in [-0.3, -0.25) is 4.79 Å². The maximum absolute atomic E-state index is 12.7. The molecule has 0 aliphatic carbocycles. The van der Waals surface area contributed by atoms with Crippen LogP contribution < -0.4 is 15.2 Å². The summed E-state index contributed by atoms with van der Waals surface area (Å²) in [6, 6.07) is 14.2. The van der Waals surface area contributed by atoms with E-state index in [1.165, 1.54) is 30.3 Å². The maximum atomic E-state index is 12.7. The Labute approximate surface area is 186 Å². The normalized spacial score (nSPS) is 11.8. The SMILES string of the molecule is NS(=O)(=O)c1cc(NC(=O)Cc2ccc(C(F)(F)F)cc2)cc(Oc2cccc(Cl)c2)c1. The smallest absolute Gasteiger partial charge is 0.416 e. The van der Waals surface area contributed by atoms with Crippen molar-refractivity contribution in [2.45, 2.75) is 17.5 Å². The lowest BCUT2D eigenvalue weighted by Gasteiger charge is -2.12. The molecule has 0 radical (unpaired) electrons. The molecule has 0 spiro atoms. The molecular weight excluding hydrogens is 469 g/mol. The topological polar surface area (TPSA) is 98.5 Å². The van der Waals surface area contributed by atoms with Crippen molar-refractivity contribution in [1.29, 1.82) is 0 Å². The van der Waals surface area contributed by atoms with Gasteiger partial charge in [0.15, 0.2) is 0 Å². The number of primary sulfonamides is 1. The van der Waals surface area contributed by atoms with E-state index in [1.54, 1.807) is 18.2 Å². The van der Waals surface area contributed by atoms with Gasteiger partial charge in [-0.2, -0.15) is 13.2 Å². The van der Waals surface area contributed by atoms with Gasteiger partial charge in [-0.05, 0) is 42.0 Å². The van der Waals surface area contributed by atoms with E-state index < -0.39 is 27.7 Å². The van der Waals surface area contributed by atoms with Crippen LogP contribution in [0.25, 0.3) is 0 Å². The van der Waals surface area contributed by atoms with E-state index in [2.05, 4.69) is 5.32 Å². The second-order valence-electron chi connectivity index (χ2n) is 6.72. The fourth-order valence-corrected chi connectivity index (χ4v) is 3.49. The number of nitrogens with one attached hydrogen (secondary N) is 1. The minimum absolute atomic E-state index is 0.0728. The summed E-state index contributed by atoms with van der Waals surface area (Å²) in [7, 11) is -4.13. The number of alkyl halides is 3. The molecule has 0 bridgehead atoms. The van der Waals surface area contributed by atoms with E-state index in [1.807, 2.05) is 0 Å². The highest BCUT2D eigenvalue weighted by molar-refractivity contribution is 7.89. The molecule has 1 amide bonds. The predicted octanol–water partition coefficient (Wildman–Crippen LogP) is 4.98. The number of halogens is 4. The Morgan fingerprint density at radius 2 is 1.69 bits per heavy atom. The Balaban J connectivity index is 1.80. The Morgan fingerprint density at radius 1 is 1.00 bits per heavy atom. The zero-order chi connectivity index (χ0) is 23.5. The molecule has 0 heterocycles. The van der Waals surface area contributed by atoms with Crippen molar-refractivity contribution in [1.82, 2.24) is 0 Å². The number of hydrogen-bond donors (Lipinski definition) is 2. The van der Waals surface area contributed by atoms with Crippen LogP contribution in [-0.4, -0.2) is 14.3 Å². The molecule has 3 rings (SSSR count). The van der Waals surface area contributed by atoms with Gasteiger partial charge in [0.05, 0.1) is 16.9 Å². The minimum Gasteiger partial charge on any atom is -0.457 e. The molecule has 0 saturated carbocycles. The highest BCUT2D eigenvalue weighted by Gasteiger charge is 2.30. The summed E-state index contributed by atoms with van der Waals surface area (Å²) in [5, 5.41) is 8.10. The fourth-order valence-electron chi connectivity index (χ4n) is 2.74. The summed E-state index contributed by atoms with van der Waals surface area (Å²) in [5.74, 6) is -0.181. The Kier molecular flexibility index (Phi) is 6.77. The van der Waals surface area contributed by atoms with Crippen LogP contribution in [0.2, 0.25) is 5.02 Å². The largest absolute Gasteiger partial charge is 0.457 e. The van der Waals surface area contributed by atoms with E-state index in [0.717, 1.165) is 18.2 Å². The van der Waals surface area contributed by atoms with Gasteiger partial charge in [0.25, 0.3) is 0 Å². The van der Waals surface area contributed by atoms with E-state index in [9.17, 15) is 26.4 Å². The van der Waals surface area contributed by atoms with Crippen molar-refractivity contribution < 1.29 is 31.1 Å². The molecule has 0 fully saturated rings. The van der Waals surface area contributed by atoms with Gasteiger partial charge in [0.2, 0.25) is 15.9 Å². The van der Waals surface area contributed by atoms with Crippen LogP contribution in [0.4, 0.5) is 18.9 Å². The number of carbonyl (C=O) groups is 1. The number of anilines is 1. The van der Waals surface area contributed by atoms with E-state index in [0.29, 0.717) is 16.3 Å². The molecule has 0 saturated heterocycles. The van der Waals surface area contributed by atoms with Crippen LogP contribution in [-0.2, 0) is 27.4 Å². The molecule has 3 aromatic carbocycles. The van der Waals surface area contributed by atoms with Crippen molar-refractivity contribution in [2.24, 2.45) is 5.14 Å². The number of benzene rings is 3. The first-order valence-corrected chi connectivity index (χ1v) is 10.9. The third-order valence-electron chi connectivity index (χ3n) is 4.17. The van der Waals surface area contributed by atoms with Crippen LogP contribution >= 0.6 is 11.6 Å². The first-order valence-electron chi connectivity index (χ1n) is 8.97. The molecule has 32 heavy (non-hydrogen) atoms. The maximum Gasteiger partial charge on any atom is 0.416 e. The molecule has 168 valence electrons. The molecule has 3 N–H and O–H groups in total. The lowest BCUT2D eigenvalue weighted by Crippen LogP contribution is -2.16. The number of hydrogen-bond acceptors (Lipinski definition) is 4. The molecule has 0 aliphatic rings. The zero-order valence-corrected chi connectivity index (χ0v) is 17.8. The molecule has 0 atom stereocenters. The summed E-state index contributed by atoms with van der Waals surface area (Å²) in [5.41, 5.74) is -0.413. The number of ether oxygens (including phenoxy) is 1. The molecule has 0 unspecified atom stereocenters. The van der Waals surface area contributed by atoms with Gasteiger partial charge >= 0.3 is 6.18 Å². The van der Waals surface area contributed by atoms with Crippen LogP contribution in [0.5, 0.6) is 11.5 Å². The highest BCUT2D eigenvalue weighted by atomic mass is 35.5. The average molecular weight is 485 g/mol. The molecule has 0 aliphatic heterocycles. The minimum atomic E-state index is -4.48. The van der Waals surface area contributed by atoms with Gasteiger partial charge < -0.3 is 10.1 Å². The average Bonchev–Trinajstić information content (AvgIpc) is 2.66. The highest BCUT2D eigenvalue weighted by Crippen LogP contribution is 2.30. The Hall–Kier alpha value is -3.08. The van der Waals surface area contributed by atoms with Crippen molar-refractivity contribution in [3.8, 4) is 11.5 Å². The molecule has 0 aromatic heterocycles. The predicted molar refractivity (Wildman–Crippen MR) is 113 cm³/mol. The molecule has 3 aromatic rings. The molecule has 6 nitrogen and oxygen atoms in total. The zero-order valence-electron chi connectivity index (χ0n) is 16.2. The first-order chi connectivity index (χ1) is 14.9. The van der Waals surface area contributed by atoms with Crippen molar-refractivity contribution in [3.63, 3.8) is 0 Å². The van der Waals surface area contributed by atoms with Gasteiger partial charge in [-0.1, -0.05) is 29.8 Å². The summed E-state index contributed by atoms with van der Waals surface area (Å²) < 4.78 is 67.3.